The second-order valence-corrected chi connectivity index (χ2v) is 2.76. The lowest BCUT2D eigenvalue weighted by Crippen LogP contribution is -2.10. The molecule has 0 aliphatic heterocycles. The van der Waals surface area contributed by atoms with Crippen LogP contribution in [0.15, 0.2) is 24.7 Å². The average molecular weight is 196 g/mol. The van der Waals surface area contributed by atoms with Crippen LogP contribution in [0, 0.1) is 0 Å². The summed E-state index contributed by atoms with van der Waals surface area (Å²) in [6.07, 6.45) is 4.33. The van der Waals surface area contributed by atoms with E-state index in [9.17, 15) is 4.79 Å². The van der Waals surface area contributed by atoms with Crippen LogP contribution in [0.5, 0.6) is 0 Å². The van der Waals surface area contributed by atoms with Gasteiger partial charge < -0.3 is 16.5 Å². The van der Waals surface area contributed by atoms with Gasteiger partial charge >= 0.3 is 0 Å². The number of hydrogen-bond acceptors (Lipinski definition) is 3. The van der Waals surface area contributed by atoms with Crippen molar-refractivity contribution in [3.05, 3.63) is 30.4 Å². The topological polar surface area (TPSA) is 97.8 Å². The minimum absolute atomic E-state index is 0.398. The smallest absolute Gasteiger partial charge is 0.243 e. The number of nitrogens with one attached hydrogen (secondary N) is 1. The van der Waals surface area contributed by atoms with E-state index >= 15 is 0 Å². The van der Waals surface area contributed by atoms with Crippen molar-refractivity contribution in [3.8, 4) is 0 Å². The van der Waals surface area contributed by atoms with Crippen molar-refractivity contribution in [1.82, 2.24) is 9.97 Å². The Morgan fingerprint density at radius 1 is 1.71 bits per heavy atom. The second-order valence-electron chi connectivity index (χ2n) is 2.76. The maximum absolute atomic E-state index is 9.82. The van der Waals surface area contributed by atoms with Crippen molar-refractivity contribution in [2.75, 3.05) is 6.54 Å². The fourth-order valence-corrected chi connectivity index (χ4v) is 0.577. The molecular formula is C9H16N4O. The summed E-state index contributed by atoms with van der Waals surface area (Å²) < 4.78 is 0. The summed E-state index contributed by atoms with van der Waals surface area (Å²) in [5, 5.41) is 0. The Hall–Kier alpha value is -1.62. The molecule has 5 heteroatoms. The van der Waals surface area contributed by atoms with E-state index in [1.165, 1.54) is 0 Å². The number of nitrogens with two attached hydrogens (primary N) is 2. The van der Waals surface area contributed by atoms with Gasteiger partial charge in [-0.15, -0.1) is 0 Å². The van der Waals surface area contributed by atoms with E-state index in [0.717, 1.165) is 12.1 Å². The van der Waals surface area contributed by atoms with Gasteiger partial charge in [-0.2, -0.15) is 0 Å². The number of aromatic nitrogens is 2. The standard InChI is InChI=1S/C5H9N3.C4H7NO/c6-2-1-5-3-7-4-8-5;1-3(2)4(5)6/h3-4H,1-2,6H2,(H,7,8);1H2,2H3,(H2,5,6). The fourth-order valence-electron chi connectivity index (χ4n) is 0.577. The molecule has 0 aliphatic carbocycles. The summed E-state index contributed by atoms with van der Waals surface area (Å²) in [4.78, 5) is 16.6. The number of nitrogens with zero attached hydrogens (tertiary/aromatic N) is 1. The van der Waals surface area contributed by atoms with Gasteiger partial charge in [-0.1, -0.05) is 6.58 Å². The lowest BCUT2D eigenvalue weighted by atomic mass is 10.3. The number of primary amides is 1. The minimum Gasteiger partial charge on any atom is -0.366 e. The maximum Gasteiger partial charge on any atom is 0.243 e. The Morgan fingerprint density at radius 2 is 2.29 bits per heavy atom. The molecule has 0 fully saturated rings. The molecule has 0 bridgehead atoms. The van der Waals surface area contributed by atoms with Crippen LogP contribution in [-0.2, 0) is 11.2 Å². The van der Waals surface area contributed by atoms with E-state index in [1.807, 2.05) is 0 Å². The first kappa shape index (κ1) is 12.4. The van der Waals surface area contributed by atoms with Crippen LogP contribution in [0.3, 0.4) is 0 Å². The van der Waals surface area contributed by atoms with Crippen LogP contribution < -0.4 is 11.5 Å². The highest BCUT2D eigenvalue weighted by atomic mass is 16.1. The highest BCUT2D eigenvalue weighted by Gasteiger charge is 1.87. The third kappa shape index (κ3) is 5.96. The number of aromatic amines is 1. The van der Waals surface area contributed by atoms with Crippen molar-refractivity contribution in [3.63, 3.8) is 0 Å². The molecule has 0 saturated carbocycles. The van der Waals surface area contributed by atoms with Crippen LogP contribution in [0.25, 0.3) is 0 Å². The zero-order valence-corrected chi connectivity index (χ0v) is 8.29. The van der Waals surface area contributed by atoms with Gasteiger partial charge in [-0.25, -0.2) is 4.98 Å². The fraction of sp³-hybridized carbons (Fsp3) is 0.333. The first-order valence-corrected chi connectivity index (χ1v) is 4.20. The van der Waals surface area contributed by atoms with E-state index in [-0.39, 0.29) is 0 Å². The van der Waals surface area contributed by atoms with Gasteiger partial charge in [0.15, 0.2) is 0 Å². The molecule has 1 aromatic heterocycles. The van der Waals surface area contributed by atoms with E-state index in [1.54, 1.807) is 19.4 Å². The quantitative estimate of drug-likeness (QED) is 0.591. The third-order valence-corrected chi connectivity index (χ3v) is 1.39. The number of rotatable bonds is 3. The summed E-state index contributed by atoms with van der Waals surface area (Å²) in [6, 6.07) is 0. The summed E-state index contributed by atoms with van der Waals surface area (Å²) in [7, 11) is 0. The highest BCUT2D eigenvalue weighted by Crippen LogP contribution is 1.88. The number of amides is 1. The Morgan fingerprint density at radius 3 is 2.57 bits per heavy atom. The van der Waals surface area contributed by atoms with Gasteiger partial charge in [0.2, 0.25) is 5.91 Å². The Balaban J connectivity index is 0.000000255. The molecule has 0 aliphatic rings. The predicted molar refractivity (Wildman–Crippen MR) is 55.4 cm³/mol. The molecule has 5 nitrogen and oxygen atoms in total. The Bertz CT molecular complexity index is 267. The minimum atomic E-state index is -0.435. The number of hydrogen-bond donors (Lipinski definition) is 3. The Labute approximate surface area is 83.2 Å². The molecule has 0 radical (unpaired) electrons. The Kier molecular flexibility index (Phi) is 6.06. The lowest BCUT2D eigenvalue weighted by Gasteiger charge is -1.86. The molecule has 5 N–H and O–H groups in total. The number of carbonyl (C=O) groups is 1. The van der Waals surface area contributed by atoms with E-state index in [2.05, 4.69) is 16.5 Å². The summed E-state index contributed by atoms with van der Waals surface area (Å²) in [5.74, 6) is -0.435. The van der Waals surface area contributed by atoms with Gasteiger partial charge in [0.1, 0.15) is 0 Å². The SMILES string of the molecule is C=C(C)C(N)=O.NCCc1cnc[nH]1. The molecule has 1 heterocycles. The van der Waals surface area contributed by atoms with Crippen molar-refractivity contribution in [1.29, 1.82) is 0 Å². The molecule has 1 aromatic rings. The summed E-state index contributed by atoms with van der Waals surface area (Å²) >= 11 is 0. The number of H-pyrrole nitrogens is 1. The lowest BCUT2D eigenvalue weighted by molar-refractivity contribution is -0.114. The van der Waals surface area contributed by atoms with Crippen molar-refractivity contribution < 1.29 is 4.79 Å². The zero-order chi connectivity index (χ0) is 11.0. The average Bonchev–Trinajstić information content (AvgIpc) is 2.58. The van der Waals surface area contributed by atoms with Crippen molar-refractivity contribution >= 4 is 5.91 Å². The molecular weight excluding hydrogens is 180 g/mol. The normalized spacial score (nSPS) is 8.71. The van der Waals surface area contributed by atoms with Gasteiger partial charge in [0.05, 0.1) is 6.33 Å². The number of imidazole rings is 1. The van der Waals surface area contributed by atoms with Gasteiger partial charge in [-0.05, 0) is 13.5 Å². The van der Waals surface area contributed by atoms with Gasteiger partial charge in [0.25, 0.3) is 0 Å². The molecule has 1 amide bonds. The van der Waals surface area contributed by atoms with Gasteiger partial charge in [-0.3, -0.25) is 4.79 Å². The number of carbonyl (C=O) groups excluding carboxylic acids is 1. The molecule has 0 atom stereocenters. The molecule has 0 aromatic carbocycles. The molecule has 0 spiro atoms. The summed E-state index contributed by atoms with van der Waals surface area (Å²) in [6.45, 7) is 5.53. The van der Waals surface area contributed by atoms with E-state index in [0.29, 0.717) is 12.1 Å². The molecule has 1 rings (SSSR count). The van der Waals surface area contributed by atoms with Crippen LogP contribution in [0.4, 0.5) is 0 Å². The van der Waals surface area contributed by atoms with Crippen LogP contribution >= 0.6 is 0 Å². The van der Waals surface area contributed by atoms with Crippen LogP contribution in [-0.4, -0.2) is 22.4 Å². The molecule has 0 saturated heterocycles. The third-order valence-electron chi connectivity index (χ3n) is 1.39. The summed E-state index contributed by atoms with van der Waals surface area (Å²) in [5.41, 5.74) is 11.5. The van der Waals surface area contributed by atoms with Crippen molar-refractivity contribution in [2.24, 2.45) is 11.5 Å². The zero-order valence-electron chi connectivity index (χ0n) is 8.29. The van der Waals surface area contributed by atoms with Crippen LogP contribution in [0.2, 0.25) is 0 Å². The van der Waals surface area contributed by atoms with Crippen LogP contribution in [0.1, 0.15) is 12.6 Å². The molecule has 78 valence electrons. The van der Waals surface area contributed by atoms with Gasteiger partial charge in [0, 0.05) is 23.9 Å². The van der Waals surface area contributed by atoms with E-state index < -0.39 is 5.91 Å². The highest BCUT2D eigenvalue weighted by molar-refractivity contribution is 5.90. The first-order valence-electron chi connectivity index (χ1n) is 4.20. The predicted octanol–water partition coefficient (Wildman–Crippen LogP) is -0.0413. The van der Waals surface area contributed by atoms with E-state index in [4.69, 9.17) is 11.5 Å². The monoisotopic (exact) mass is 196 g/mol. The van der Waals surface area contributed by atoms with Crippen molar-refractivity contribution in [2.45, 2.75) is 13.3 Å². The largest absolute Gasteiger partial charge is 0.366 e. The first-order chi connectivity index (χ1) is 6.57. The maximum atomic E-state index is 9.82. The molecule has 14 heavy (non-hydrogen) atoms. The second kappa shape index (κ2) is 6.85. The molecule has 0 unspecified atom stereocenters.